The quantitative estimate of drug-likeness (QED) is 0.502. The standard InChI is InChI=1S/C19H16N2O6S/c1-27-18-9-7-15(21(23)24)11-17(18)20-19(22)12-28(25,26)16-8-6-13-4-2-3-5-14(13)10-16/h2-11H,12H2,1H3,(H,20,22). The third-order valence-corrected chi connectivity index (χ3v) is 5.68. The molecule has 0 aromatic heterocycles. The predicted octanol–water partition coefficient (Wildman–Crippen LogP) is 3.17. The number of amides is 1. The van der Waals surface area contributed by atoms with Gasteiger partial charge >= 0.3 is 0 Å². The average Bonchev–Trinajstić information content (AvgIpc) is 2.67. The Morgan fingerprint density at radius 3 is 2.46 bits per heavy atom. The van der Waals surface area contributed by atoms with Crippen LogP contribution in [0.2, 0.25) is 0 Å². The maximum absolute atomic E-state index is 12.6. The summed E-state index contributed by atoms with van der Waals surface area (Å²) in [6, 6.07) is 15.5. The topological polar surface area (TPSA) is 116 Å². The van der Waals surface area contributed by atoms with Crippen molar-refractivity contribution in [2.24, 2.45) is 0 Å². The minimum atomic E-state index is -3.90. The second kappa shape index (κ2) is 7.65. The molecule has 3 rings (SSSR count). The number of nitro benzene ring substituents is 1. The van der Waals surface area contributed by atoms with Crippen LogP contribution in [0.5, 0.6) is 5.75 Å². The van der Waals surface area contributed by atoms with Crippen LogP contribution in [-0.2, 0) is 14.6 Å². The first-order valence-corrected chi connectivity index (χ1v) is 9.79. The van der Waals surface area contributed by atoms with Gasteiger partial charge in [0.2, 0.25) is 5.91 Å². The van der Waals surface area contributed by atoms with Gasteiger partial charge in [-0.15, -0.1) is 0 Å². The maximum Gasteiger partial charge on any atom is 0.271 e. The van der Waals surface area contributed by atoms with Crippen molar-refractivity contribution < 1.29 is 22.9 Å². The fourth-order valence-electron chi connectivity index (χ4n) is 2.71. The summed E-state index contributed by atoms with van der Waals surface area (Å²) < 4.78 is 30.3. The summed E-state index contributed by atoms with van der Waals surface area (Å²) in [7, 11) is -2.57. The molecule has 0 saturated heterocycles. The molecule has 0 aliphatic heterocycles. The number of rotatable bonds is 6. The van der Waals surface area contributed by atoms with E-state index in [9.17, 15) is 23.3 Å². The smallest absolute Gasteiger partial charge is 0.271 e. The molecular weight excluding hydrogens is 384 g/mol. The molecule has 0 fully saturated rings. The highest BCUT2D eigenvalue weighted by Crippen LogP contribution is 2.29. The molecule has 0 aliphatic carbocycles. The highest BCUT2D eigenvalue weighted by molar-refractivity contribution is 7.92. The zero-order valence-corrected chi connectivity index (χ0v) is 15.6. The van der Waals surface area contributed by atoms with Crippen LogP contribution in [0.4, 0.5) is 11.4 Å². The molecule has 8 nitrogen and oxygen atoms in total. The minimum Gasteiger partial charge on any atom is -0.495 e. The van der Waals surface area contributed by atoms with Crippen molar-refractivity contribution >= 4 is 37.9 Å². The van der Waals surface area contributed by atoms with Crippen LogP contribution in [0.25, 0.3) is 10.8 Å². The molecule has 9 heteroatoms. The largest absolute Gasteiger partial charge is 0.495 e. The number of hydrogen-bond donors (Lipinski definition) is 1. The van der Waals surface area contributed by atoms with E-state index in [-0.39, 0.29) is 22.0 Å². The van der Waals surface area contributed by atoms with E-state index in [0.717, 1.165) is 16.8 Å². The Balaban J connectivity index is 1.83. The Kier molecular flexibility index (Phi) is 5.27. The summed E-state index contributed by atoms with van der Waals surface area (Å²) in [5.41, 5.74) is -0.233. The van der Waals surface area contributed by atoms with E-state index in [0.29, 0.717) is 0 Å². The lowest BCUT2D eigenvalue weighted by molar-refractivity contribution is -0.384. The SMILES string of the molecule is COc1ccc([N+](=O)[O-])cc1NC(=O)CS(=O)(=O)c1ccc2ccccc2c1. The normalized spacial score (nSPS) is 11.2. The Labute approximate surface area is 160 Å². The van der Waals surface area contributed by atoms with Crippen LogP contribution in [0, 0.1) is 10.1 Å². The predicted molar refractivity (Wildman–Crippen MR) is 104 cm³/mol. The van der Waals surface area contributed by atoms with Gasteiger partial charge in [-0.3, -0.25) is 14.9 Å². The van der Waals surface area contributed by atoms with Crippen LogP contribution in [0.1, 0.15) is 0 Å². The van der Waals surface area contributed by atoms with Gasteiger partial charge < -0.3 is 10.1 Å². The molecule has 0 bridgehead atoms. The van der Waals surface area contributed by atoms with Gasteiger partial charge in [0.05, 0.1) is 22.6 Å². The lowest BCUT2D eigenvalue weighted by atomic mass is 10.1. The van der Waals surface area contributed by atoms with E-state index in [1.165, 1.54) is 31.4 Å². The molecule has 144 valence electrons. The number of non-ortho nitro benzene ring substituents is 1. The first-order valence-electron chi connectivity index (χ1n) is 8.14. The van der Waals surface area contributed by atoms with Gasteiger partial charge in [0, 0.05) is 12.1 Å². The van der Waals surface area contributed by atoms with E-state index in [4.69, 9.17) is 4.74 Å². The summed E-state index contributed by atoms with van der Waals surface area (Å²) in [5.74, 6) is -1.45. The summed E-state index contributed by atoms with van der Waals surface area (Å²) in [4.78, 5) is 22.6. The van der Waals surface area contributed by atoms with Gasteiger partial charge in [-0.1, -0.05) is 30.3 Å². The van der Waals surface area contributed by atoms with Gasteiger partial charge in [0.25, 0.3) is 5.69 Å². The number of nitrogens with one attached hydrogen (secondary N) is 1. The van der Waals surface area contributed by atoms with E-state index in [2.05, 4.69) is 5.32 Å². The average molecular weight is 400 g/mol. The second-order valence-corrected chi connectivity index (χ2v) is 7.95. The molecule has 0 saturated carbocycles. The number of methoxy groups -OCH3 is 1. The molecule has 3 aromatic rings. The Morgan fingerprint density at radius 1 is 1.07 bits per heavy atom. The number of hydrogen-bond acceptors (Lipinski definition) is 6. The van der Waals surface area contributed by atoms with Crippen molar-refractivity contribution in [1.29, 1.82) is 0 Å². The van der Waals surface area contributed by atoms with Crippen molar-refractivity contribution in [3.63, 3.8) is 0 Å². The molecule has 0 radical (unpaired) electrons. The summed E-state index contributed by atoms with van der Waals surface area (Å²) in [5, 5.41) is 14.9. The summed E-state index contributed by atoms with van der Waals surface area (Å²) in [6.45, 7) is 0. The molecule has 0 unspecified atom stereocenters. The van der Waals surface area contributed by atoms with Crippen LogP contribution in [0.3, 0.4) is 0 Å². The molecule has 0 heterocycles. The summed E-state index contributed by atoms with van der Waals surface area (Å²) in [6.07, 6.45) is 0. The van der Waals surface area contributed by atoms with Crippen molar-refractivity contribution in [2.45, 2.75) is 4.90 Å². The third kappa shape index (κ3) is 4.09. The molecule has 28 heavy (non-hydrogen) atoms. The number of fused-ring (bicyclic) bond motifs is 1. The number of sulfone groups is 1. The molecule has 1 N–H and O–H groups in total. The lowest BCUT2D eigenvalue weighted by Crippen LogP contribution is -2.23. The summed E-state index contributed by atoms with van der Waals surface area (Å²) >= 11 is 0. The van der Waals surface area contributed by atoms with Gasteiger partial charge in [-0.2, -0.15) is 0 Å². The van der Waals surface area contributed by atoms with E-state index < -0.39 is 26.4 Å². The van der Waals surface area contributed by atoms with Crippen LogP contribution >= 0.6 is 0 Å². The van der Waals surface area contributed by atoms with Crippen molar-refractivity contribution in [3.8, 4) is 5.75 Å². The van der Waals surface area contributed by atoms with Crippen molar-refractivity contribution in [1.82, 2.24) is 0 Å². The number of carbonyl (C=O) groups is 1. The van der Waals surface area contributed by atoms with Gasteiger partial charge in [-0.25, -0.2) is 8.42 Å². The van der Waals surface area contributed by atoms with Crippen LogP contribution in [0.15, 0.2) is 65.6 Å². The van der Waals surface area contributed by atoms with E-state index in [1.807, 2.05) is 12.1 Å². The second-order valence-electron chi connectivity index (χ2n) is 5.96. The fraction of sp³-hybridized carbons (Fsp3) is 0.105. The van der Waals surface area contributed by atoms with Gasteiger partial charge in [0.1, 0.15) is 11.5 Å². The van der Waals surface area contributed by atoms with E-state index >= 15 is 0 Å². The molecular formula is C19H16N2O6S. The fourth-order valence-corrected chi connectivity index (χ4v) is 3.88. The third-order valence-electron chi connectivity index (χ3n) is 4.07. The molecule has 0 aliphatic rings. The van der Waals surface area contributed by atoms with Crippen LogP contribution in [-0.4, -0.2) is 32.1 Å². The molecule has 0 spiro atoms. The highest BCUT2D eigenvalue weighted by Gasteiger charge is 2.21. The number of nitro groups is 1. The monoisotopic (exact) mass is 400 g/mol. The van der Waals surface area contributed by atoms with E-state index in [1.54, 1.807) is 18.2 Å². The first-order chi connectivity index (χ1) is 13.3. The maximum atomic E-state index is 12.6. The Bertz CT molecular complexity index is 1170. The van der Waals surface area contributed by atoms with Gasteiger partial charge in [-0.05, 0) is 29.0 Å². The van der Waals surface area contributed by atoms with Crippen molar-refractivity contribution in [2.75, 3.05) is 18.2 Å². The molecule has 3 aromatic carbocycles. The van der Waals surface area contributed by atoms with Crippen molar-refractivity contribution in [3.05, 3.63) is 70.8 Å². The Morgan fingerprint density at radius 2 is 1.79 bits per heavy atom. The number of carbonyl (C=O) groups excluding carboxylic acids is 1. The number of benzene rings is 3. The highest BCUT2D eigenvalue weighted by atomic mass is 32.2. The number of ether oxygens (including phenoxy) is 1. The molecule has 0 atom stereocenters. The lowest BCUT2D eigenvalue weighted by Gasteiger charge is -2.10. The van der Waals surface area contributed by atoms with Gasteiger partial charge in [0.15, 0.2) is 9.84 Å². The molecule has 1 amide bonds. The zero-order chi connectivity index (χ0) is 20.3. The first kappa shape index (κ1) is 19.3. The zero-order valence-electron chi connectivity index (χ0n) is 14.8. The number of nitrogens with zero attached hydrogens (tertiary/aromatic N) is 1. The Hall–Kier alpha value is -3.46. The number of anilines is 1. The van der Waals surface area contributed by atoms with Crippen LogP contribution < -0.4 is 10.1 Å². The minimum absolute atomic E-state index is 0.0207.